The summed E-state index contributed by atoms with van der Waals surface area (Å²) < 4.78 is 10.7. The topological polar surface area (TPSA) is 52.0 Å². The SMILES string of the molecule is C[NH+](CC(=O)NCc1ccc2c(c1)OCO2)[C@@H]1CCCc2ccccc21. The molecule has 2 aromatic rings. The Bertz CT molecular complexity index is 806. The largest absolute Gasteiger partial charge is 0.454 e. The molecule has 5 heteroatoms. The third-order valence-corrected chi connectivity index (χ3v) is 5.33. The molecule has 2 aliphatic rings. The number of hydrogen-bond donors (Lipinski definition) is 2. The van der Waals surface area contributed by atoms with Crippen LogP contribution in [0.15, 0.2) is 42.5 Å². The third kappa shape index (κ3) is 3.53. The fourth-order valence-corrected chi connectivity index (χ4v) is 3.96. The molecule has 1 unspecified atom stereocenters. The van der Waals surface area contributed by atoms with Crippen molar-refractivity contribution >= 4 is 5.91 Å². The molecule has 0 fully saturated rings. The number of ether oxygens (including phenoxy) is 2. The average molecular weight is 353 g/mol. The van der Waals surface area contributed by atoms with Gasteiger partial charge < -0.3 is 19.7 Å². The van der Waals surface area contributed by atoms with Crippen LogP contribution in [0.3, 0.4) is 0 Å². The second kappa shape index (κ2) is 7.38. The summed E-state index contributed by atoms with van der Waals surface area (Å²) in [6.45, 7) is 1.25. The fourth-order valence-electron chi connectivity index (χ4n) is 3.96. The van der Waals surface area contributed by atoms with Crippen LogP contribution >= 0.6 is 0 Å². The van der Waals surface area contributed by atoms with Crippen molar-refractivity contribution < 1.29 is 19.2 Å². The number of amides is 1. The molecule has 4 rings (SSSR count). The van der Waals surface area contributed by atoms with Crippen molar-refractivity contribution in [3.8, 4) is 11.5 Å². The zero-order chi connectivity index (χ0) is 17.9. The zero-order valence-electron chi connectivity index (χ0n) is 15.1. The lowest BCUT2D eigenvalue weighted by atomic mass is 9.87. The maximum atomic E-state index is 12.4. The molecule has 136 valence electrons. The van der Waals surface area contributed by atoms with Gasteiger partial charge in [-0.15, -0.1) is 0 Å². The minimum absolute atomic E-state index is 0.0724. The van der Waals surface area contributed by atoms with E-state index in [0.29, 0.717) is 19.1 Å². The number of likely N-dealkylation sites (N-methyl/N-ethyl adjacent to an activating group) is 1. The van der Waals surface area contributed by atoms with Crippen molar-refractivity contribution in [2.75, 3.05) is 20.4 Å². The normalized spacial score (nSPS) is 18.9. The first-order valence-corrected chi connectivity index (χ1v) is 9.26. The first-order chi connectivity index (χ1) is 12.7. The highest BCUT2D eigenvalue weighted by Gasteiger charge is 2.27. The summed E-state index contributed by atoms with van der Waals surface area (Å²) in [5, 5.41) is 3.03. The molecule has 0 saturated carbocycles. The van der Waals surface area contributed by atoms with Gasteiger partial charge in [-0.25, -0.2) is 0 Å². The van der Waals surface area contributed by atoms with Crippen LogP contribution in [-0.4, -0.2) is 26.3 Å². The van der Waals surface area contributed by atoms with Gasteiger partial charge in [-0.3, -0.25) is 4.79 Å². The van der Waals surface area contributed by atoms with E-state index in [4.69, 9.17) is 9.47 Å². The van der Waals surface area contributed by atoms with Crippen molar-refractivity contribution in [2.24, 2.45) is 0 Å². The Hall–Kier alpha value is -2.53. The van der Waals surface area contributed by atoms with E-state index < -0.39 is 0 Å². The molecule has 1 heterocycles. The van der Waals surface area contributed by atoms with Gasteiger partial charge in [0.2, 0.25) is 6.79 Å². The van der Waals surface area contributed by atoms with E-state index in [1.54, 1.807) is 0 Å². The van der Waals surface area contributed by atoms with Gasteiger partial charge in [0, 0.05) is 18.5 Å². The van der Waals surface area contributed by atoms with Crippen LogP contribution in [0.5, 0.6) is 11.5 Å². The smallest absolute Gasteiger partial charge is 0.275 e. The average Bonchev–Trinajstić information content (AvgIpc) is 3.13. The van der Waals surface area contributed by atoms with E-state index in [1.807, 2.05) is 18.2 Å². The standard InChI is InChI=1S/C21H24N2O3/c1-23(18-8-4-6-16-5-2-3-7-17(16)18)13-21(24)22-12-15-9-10-19-20(11-15)26-14-25-19/h2-3,5,7,9-11,18H,4,6,8,12-14H2,1H3,(H,22,24)/p+1/t18-/m1/s1. The molecule has 5 nitrogen and oxygen atoms in total. The molecular formula is C21H25N2O3+. The van der Waals surface area contributed by atoms with E-state index in [1.165, 1.54) is 22.4 Å². The molecule has 26 heavy (non-hydrogen) atoms. The number of carbonyl (C=O) groups is 1. The maximum absolute atomic E-state index is 12.4. The molecule has 0 spiro atoms. The van der Waals surface area contributed by atoms with Crippen LogP contribution in [0.4, 0.5) is 0 Å². The molecule has 0 radical (unpaired) electrons. The van der Waals surface area contributed by atoms with E-state index in [2.05, 4.69) is 36.6 Å². The van der Waals surface area contributed by atoms with Crippen molar-refractivity contribution in [1.29, 1.82) is 0 Å². The number of carbonyl (C=O) groups excluding carboxylic acids is 1. The first-order valence-electron chi connectivity index (χ1n) is 9.26. The monoisotopic (exact) mass is 353 g/mol. The quantitative estimate of drug-likeness (QED) is 0.859. The summed E-state index contributed by atoms with van der Waals surface area (Å²) in [6, 6.07) is 14.8. The Balaban J connectivity index is 1.34. The minimum Gasteiger partial charge on any atom is -0.454 e. The summed E-state index contributed by atoms with van der Waals surface area (Å²) >= 11 is 0. The number of benzene rings is 2. The summed E-state index contributed by atoms with van der Waals surface area (Å²) in [4.78, 5) is 13.7. The van der Waals surface area contributed by atoms with E-state index in [-0.39, 0.29) is 12.7 Å². The minimum atomic E-state index is 0.0724. The van der Waals surface area contributed by atoms with Crippen LogP contribution in [0, 0.1) is 0 Å². The molecule has 0 bridgehead atoms. The summed E-state index contributed by atoms with van der Waals surface area (Å²) in [6.07, 6.45) is 3.48. The van der Waals surface area contributed by atoms with E-state index >= 15 is 0 Å². The van der Waals surface area contributed by atoms with Crippen LogP contribution in [0.2, 0.25) is 0 Å². The molecule has 0 saturated heterocycles. The van der Waals surface area contributed by atoms with Gasteiger partial charge in [-0.1, -0.05) is 30.3 Å². The van der Waals surface area contributed by atoms with Gasteiger partial charge in [0.1, 0.15) is 6.04 Å². The Labute approximate surface area is 153 Å². The summed E-state index contributed by atoms with van der Waals surface area (Å²) in [5.74, 6) is 1.58. The molecule has 2 atom stereocenters. The van der Waals surface area contributed by atoms with E-state index in [0.717, 1.165) is 29.9 Å². The molecule has 0 aromatic heterocycles. The van der Waals surface area contributed by atoms with Crippen molar-refractivity contribution in [3.05, 3.63) is 59.2 Å². The second-order valence-corrected chi connectivity index (χ2v) is 7.13. The Morgan fingerprint density at radius 1 is 1.19 bits per heavy atom. The molecule has 1 amide bonds. The molecular weight excluding hydrogens is 328 g/mol. The number of rotatable bonds is 5. The van der Waals surface area contributed by atoms with Crippen LogP contribution < -0.4 is 19.7 Å². The highest BCUT2D eigenvalue weighted by molar-refractivity contribution is 5.76. The maximum Gasteiger partial charge on any atom is 0.275 e. The number of aryl methyl sites for hydroxylation is 1. The predicted octanol–water partition coefficient (Wildman–Crippen LogP) is 1.62. The molecule has 2 aromatic carbocycles. The number of nitrogens with one attached hydrogen (secondary N) is 2. The highest BCUT2D eigenvalue weighted by atomic mass is 16.7. The van der Waals surface area contributed by atoms with Crippen molar-refractivity contribution in [2.45, 2.75) is 31.8 Å². The summed E-state index contributed by atoms with van der Waals surface area (Å²) in [5.41, 5.74) is 3.85. The van der Waals surface area contributed by atoms with Gasteiger partial charge in [0.15, 0.2) is 18.0 Å². The Kier molecular flexibility index (Phi) is 4.80. The van der Waals surface area contributed by atoms with Crippen LogP contribution in [0.1, 0.15) is 35.6 Å². The lowest BCUT2D eigenvalue weighted by Crippen LogP contribution is -3.10. The molecule has 1 aliphatic heterocycles. The van der Waals surface area contributed by atoms with Gasteiger partial charge in [0.05, 0.1) is 7.05 Å². The van der Waals surface area contributed by atoms with Crippen molar-refractivity contribution in [3.63, 3.8) is 0 Å². The number of quaternary nitrogens is 1. The first kappa shape index (κ1) is 16.9. The molecule has 1 aliphatic carbocycles. The third-order valence-electron chi connectivity index (χ3n) is 5.33. The Morgan fingerprint density at radius 2 is 2.04 bits per heavy atom. The second-order valence-electron chi connectivity index (χ2n) is 7.13. The van der Waals surface area contributed by atoms with Gasteiger partial charge in [0.25, 0.3) is 5.91 Å². The fraction of sp³-hybridized carbons (Fsp3) is 0.381. The predicted molar refractivity (Wildman–Crippen MR) is 98.3 cm³/mol. The molecule has 2 N–H and O–H groups in total. The van der Waals surface area contributed by atoms with Crippen molar-refractivity contribution in [1.82, 2.24) is 5.32 Å². The van der Waals surface area contributed by atoms with E-state index in [9.17, 15) is 4.79 Å². The number of hydrogen-bond acceptors (Lipinski definition) is 3. The van der Waals surface area contributed by atoms with Gasteiger partial charge >= 0.3 is 0 Å². The van der Waals surface area contributed by atoms with Gasteiger partial charge in [-0.05, 0) is 36.1 Å². The van der Waals surface area contributed by atoms with Crippen LogP contribution in [0.25, 0.3) is 0 Å². The lowest BCUT2D eigenvalue weighted by Gasteiger charge is -2.30. The van der Waals surface area contributed by atoms with Gasteiger partial charge in [-0.2, -0.15) is 0 Å². The highest BCUT2D eigenvalue weighted by Crippen LogP contribution is 2.32. The lowest BCUT2D eigenvalue weighted by molar-refractivity contribution is -0.905. The Morgan fingerprint density at radius 3 is 2.96 bits per heavy atom. The zero-order valence-corrected chi connectivity index (χ0v) is 15.1. The summed E-state index contributed by atoms with van der Waals surface area (Å²) in [7, 11) is 2.12. The number of fused-ring (bicyclic) bond motifs is 2. The van der Waals surface area contributed by atoms with Crippen LogP contribution in [-0.2, 0) is 17.8 Å².